The van der Waals surface area contributed by atoms with Gasteiger partial charge in [0.2, 0.25) is 0 Å². The molecule has 0 bridgehead atoms. The van der Waals surface area contributed by atoms with Crippen LogP contribution in [0.1, 0.15) is 55.2 Å². The summed E-state index contributed by atoms with van der Waals surface area (Å²) in [6.07, 6.45) is 7.45. The van der Waals surface area contributed by atoms with Gasteiger partial charge in [0.05, 0.1) is 0 Å². The first-order chi connectivity index (χ1) is 7.79. The number of aryl methyl sites for hydroxylation is 1. The van der Waals surface area contributed by atoms with Crippen molar-refractivity contribution in [3.8, 4) is 0 Å². The zero-order chi connectivity index (χ0) is 11.4. The fraction of sp³-hybridized carbons (Fsp3) is 0.692. The fourth-order valence-electron chi connectivity index (χ4n) is 2.50. The van der Waals surface area contributed by atoms with Crippen molar-refractivity contribution in [2.24, 2.45) is 5.73 Å². The van der Waals surface area contributed by atoms with E-state index in [9.17, 15) is 0 Å². The number of hydrogen-bond acceptors (Lipinski definition) is 3. The van der Waals surface area contributed by atoms with Gasteiger partial charge in [0.25, 0.3) is 0 Å². The molecule has 0 aromatic carbocycles. The Morgan fingerprint density at radius 1 is 1.25 bits per heavy atom. The molecule has 16 heavy (non-hydrogen) atoms. The molecule has 1 fully saturated rings. The van der Waals surface area contributed by atoms with E-state index >= 15 is 0 Å². The van der Waals surface area contributed by atoms with Crippen molar-refractivity contribution >= 4 is 0 Å². The maximum Gasteiger partial charge on any atom is 0.130 e. The molecule has 1 aromatic rings. The van der Waals surface area contributed by atoms with Crippen molar-refractivity contribution in [1.82, 2.24) is 9.97 Å². The van der Waals surface area contributed by atoms with E-state index in [4.69, 9.17) is 5.73 Å². The molecule has 1 aliphatic carbocycles. The summed E-state index contributed by atoms with van der Waals surface area (Å²) in [7, 11) is 0. The molecule has 0 saturated heterocycles. The Balaban J connectivity index is 2.18. The summed E-state index contributed by atoms with van der Waals surface area (Å²) in [5, 5.41) is 0. The molecule has 1 saturated carbocycles. The highest BCUT2D eigenvalue weighted by Crippen LogP contribution is 2.31. The first kappa shape index (κ1) is 11.5. The van der Waals surface area contributed by atoms with Crippen LogP contribution in [-0.4, -0.2) is 16.5 Å². The molecule has 2 rings (SSSR count). The summed E-state index contributed by atoms with van der Waals surface area (Å²) in [5.41, 5.74) is 7.89. The van der Waals surface area contributed by atoms with Gasteiger partial charge in [-0.3, -0.25) is 0 Å². The Morgan fingerprint density at radius 3 is 2.69 bits per heavy atom. The molecule has 0 aliphatic heterocycles. The van der Waals surface area contributed by atoms with Gasteiger partial charge in [-0.2, -0.15) is 0 Å². The van der Waals surface area contributed by atoms with Crippen LogP contribution in [0.25, 0.3) is 0 Å². The molecule has 0 radical (unpaired) electrons. The number of hydrogen-bond donors (Lipinski definition) is 1. The van der Waals surface area contributed by atoms with Crippen LogP contribution >= 0.6 is 0 Å². The molecule has 88 valence electrons. The Kier molecular flexibility index (Phi) is 3.88. The zero-order valence-electron chi connectivity index (χ0n) is 10.1. The van der Waals surface area contributed by atoms with Crippen LogP contribution in [0.5, 0.6) is 0 Å². The van der Waals surface area contributed by atoms with Crippen molar-refractivity contribution in [2.45, 2.75) is 51.4 Å². The summed E-state index contributed by atoms with van der Waals surface area (Å²) in [5.74, 6) is 1.58. The molecule has 3 nitrogen and oxygen atoms in total. The van der Waals surface area contributed by atoms with Gasteiger partial charge in [-0.05, 0) is 32.4 Å². The summed E-state index contributed by atoms with van der Waals surface area (Å²) >= 11 is 0. The first-order valence-electron chi connectivity index (χ1n) is 6.34. The van der Waals surface area contributed by atoms with Gasteiger partial charge in [-0.15, -0.1) is 0 Å². The Hall–Kier alpha value is -0.960. The van der Waals surface area contributed by atoms with Crippen LogP contribution < -0.4 is 5.73 Å². The molecule has 0 amide bonds. The molecule has 3 heteroatoms. The monoisotopic (exact) mass is 219 g/mol. The van der Waals surface area contributed by atoms with Gasteiger partial charge < -0.3 is 5.73 Å². The summed E-state index contributed by atoms with van der Waals surface area (Å²) in [6, 6.07) is 2.15. The van der Waals surface area contributed by atoms with Crippen LogP contribution in [-0.2, 0) is 6.42 Å². The van der Waals surface area contributed by atoms with Crippen molar-refractivity contribution in [3.05, 3.63) is 23.3 Å². The highest BCUT2D eigenvalue weighted by molar-refractivity contribution is 5.15. The predicted molar refractivity (Wildman–Crippen MR) is 65.4 cm³/mol. The molecular weight excluding hydrogens is 198 g/mol. The summed E-state index contributed by atoms with van der Waals surface area (Å²) < 4.78 is 0. The fourth-order valence-corrected chi connectivity index (χ4v) is 2.50. The third kappa shape index (κ3) is 2.79. The number of nitrogens with zero attached hydrogens (tertiary/aromatic N) is 2. The molecule has 0 unspecified atom stereocenters. The third-order valence-corrected chi connectivity index (χ3v) is 3.31. The Morgan fingerprint density at radius 2 is 2.00 bits per heavy atom. The van der Waals surface area contributed by atoms with Crippen LogP contribution in [0.3, 0.4) is 0 Å². The van der Waals surface area contributed by atoms with E-state index in [-0.39, 0.29) is 0 Å². The van der Waals surface area contributed by atoms with E-state index in [0.29, 0.717) is 12.5 Å². The average Bonchev–Trinajstić information content (AvgIpc) is 2.30. The molecule has 1 aliphatic rings. The second-order valence-electron chi connectivity index (χ2n) is 4.72. The molecule has 2 N–H and O–H groups in total. The normalized spacial score (nSPS) is 17.6. The van der Waals surface area contributed by atoms with E-state index in [1.165, 1.54) is 37.8 Å². The Labute approximate surface area is 97.5 Å². The lowest BCUT2D eigenvalue weighted by molar-refractivity contribution is 0.435. The minimum Gasteiger partial charge on any atom is -0.330 e. The lowest BCUT2D eigenvalue weighted by Crippen LogP contribution is -2.12. The number of aromatic nitrogens is 2. The van der Waals surface area contributed by atoms with Crippen LogP contribution in [0, 0.1) is 6.92 Å². The minimum atomic E-state index is 0.633. The smallest absolute Gasteiger partial charge is 0.130 e. The quantitative estimate of drug-likeness (QED) is 0.849. The predicted octanol–water partition coefficient (Wildman–Crippen LogP) is 2.33. The molecule has 0 atom stereocenters. The van der Waals surface area contributed by atoms with Gasteiger partial charge in [-0.25, -0.2) is 9.97 Å². The van der Waals surface area contributed by atoms with Crippen LogP contribution in [0.4, 0.5) is 0 Å². The molecular formula is C13H21N3. The van der Waals surface area contributed by atoms with Crippen LogP contribution in [0.2, 0.25) is 0 Å². The topological polar surface area (TPSA) is 51.8 Å². The standard InChI is InChI=1S/C13H21N3/c1-10-9-12(11-5-3-2-4-6-11)16-13(15-10)7-8-14/h9,11H,2-8,14H2,1H3. The van der Waals surface area contributed by atoms with Crippen molar-refractivity contribution < 1.29 is 0 Å². The van der Waals surface area contributed by atoms with Crippen LogP contribution in [0.15, 0.2) is 6.07 Å². The van der Waals surface area contributed by atoms with Gasteiger partial charge in [0, 0.05) is 23.7 Å². The minimum absolute atomic E-state index is 0.633. The van der Waals surface area contributed by atoms with Crippen molar-refractivity contribution in [3.63, 3.8) is 0 Å². The highest BCUT2D eigenvalue weighted by atomic mass is 14.9. The average molecular weight is 219 g/mol. The maximum absolute atomic E-state index is 5.56. The number of nitrogens with two attached hydrogens (primary N) is 1. The maximum atomic E-state index is 5.56. The summed E-state index contributed by atoms with van der Waals surface area (Å²) in [6.45, 7) is 2.68. The lowest BCUT2D eigenvalue weighted by atomic mass is 9.86. The highest BCUT2D eigenvalue weighted by Gasteiger charge is 2.17. The van der Waals surface area contributed by atoms with Gasteiger partial charge in [0.15, 0.2) is 0 Å². The van der Waals surface area contributed by atoms with Gasteiger partial charge >= 0.3 is 0 Å². The van der Waals surface area contributed by atoms with Gasteiger partial charge in [-0.1, -0.05) is 19.3 Å². The largest absolute Gasteiger partial charge is 0.330 e. The SMILES string of the molecule is Cc1cc(C2CCCCC2)nc(CCN)n1. The van der Waals surface area contributed by atoms with Crippen molar-refractivity contribution in [2.75, 3.05) is 6.54 Å². The second kappa shape index (κ2) is 5.39. The number of rotatable bonds is 3. The van der Waals surface area contributed by atoms with E-state index in [1.54, 1.807) is 0 Å². The molecule has 1 heterocycles. The van der Waals surface area contributed by atoms with E-state index < -0.39 is 0 Å². The van der Waals surface area contributed by atoms with Gasteiger partial charge in [0.1, 0.15) is 5.82 Å². The second-order valence-corrected chi connectivity index (χ2v) is 4.72. The summed E-state index contributed by atoms with van der Waals surface area (Å²) in [4.78, 5) is 9.08. The third-order valence-electron chi connectivity index (χ3n) is 3.31. The zero-order valence-corrected chi connectivity index (χ0v) is 10.1. The van der Waals surface area contributed by atoms with E-state index in [2.05, 4.69) is 16.0 Å². The molecule has 0 spiro atoms. The van der Waals surface area contributed by atoms with Crippen molar-refractivity contribution in [1.29, 1.82) is 0 Å². The first-order valence-corrected chi connectivity index (χ1v) is 6.34. The molecule has 1 aromatic heterocycles. The van der Waals surface area contributed by atoms with E-state index in [1.807, 2.05) is 6.92 Å². The lowest BCUT2D eigenvalue weighted by Gasteiger charge is -2.21. The van der Waals surface area contributed by atoms with E-state index in [0.717, 1.165) is 17.9 Å². The Bertz CT molecular complexity index is 343.